The summed E-state index contributed by atoms with van der Waals surface area (Å²) in [5.74, 6) is -0.446. The van der Waals surface area contributed by atoms with Crippen LogP contribution in [0.1, 0.15) is 18.6 Å². The summed E-state index contributed by atoms with van der Waals surface area (Å²) < 4.78 is 9.99. The van der Waals surface area contributed by atoms with Crippen LogP contribution in [0.2, 0.25) is 0 Å². The lowest BCUT2D eigenvalue weighted by atomic mass is 10.1. The van der Waals surface area contributed by atoms with Crippen molar-refractivity contribution >= 4 is 5.97 Å². The summed E-state index contributed by atoms with van der Waals surface area (Å²) >= 11 is 0. The standard InChI is InChI=1S/C12H17NO3/c1-9(10-6-4-3-5-7-10)16-12(14)11(13)8-15-2/h3-7,9,11H,8,13H2,1-2H3. The van der Waals surface area contributed by atoms with Crippen LogP contribution in [0.4, 0.5) is 0 Å². The Labute approximate surface area is 95.3 Å². The van der Waals surface area contributed by atoms with Gasteiger partial charge in [0.25, 0.3) is 0 Å². The molecule has 0 aliphatic heterocycles. The van der Waals surface area contributed by atoms with Crippen molar-refractivity contribution in [1.29, 1.82) is 0 Å². The second-order valence-corrected chi connectivity index (χ2v) is 3.55. The number of carbonyl (C=O) groups is 1. The van der Waals surface area contributed by atoms with Gasteiger partial charge < -0.3 is 15.2 Å². The molecule has 88 valence electrons. The minimum Gasteiger partial charge on any atom is -0.457 e. The molecule has 0 saturated heterocycles. The first-order valence-corrected chi connectivity index (χ1v) is 5.15. The molecule has 0 aromatic heterocycles. The maximum absolute atomic E-state index is 11.5. The number of nitrogens with two attached hydrogens (primary N) is 1. The lowest BCUT2D eigenvalue weighted by molar-refractivity contribution is -0.151. The van der Waals surface area contributed by atoms with Gasteiger partial charge in [-0.2, -0.15) is 0 Å². The fourth-order valence-electron chi connectivity index (χ4n) is 1.30. The Bertz CT molecular complexity index is 326. The average molecular weight is 223 g/mol. The van der Waals surface area contributed by atoms with Crippen LogP contribution >= 0.6 is 0 Å². The van der Waals surface area contributed by atoms with Gasteiger partial charge in [-0.3, -0.25) is 4.79 Å². The van der Waals surface area contributed by atoms with E-state index < -0.39 is 12.0 Å². The molecule has 1 aromatic carbocycles. The molecule has 4 nitrogen and oxygen atoms in total. The molecule has 1 rings (SSSR count). The van der Waals surface area contributed by atoms with Crippen LogP contribution < -0.4 is 5.73 Å². The van der Waals surface area contributed by atoms with Crippen molar-refractivity contribution in [3.8, 4) is 0 Å². The normalized spacial score (nSPS) is 14.2. The predicted molar refractivity (Wildman–Crippen MR) is 60.8 cm³/mol. The van der Waals surface area contributed by atoms with Gasteiger partial charge in [0.2, 0.25) is 0 Å². The smallest absolute Gasteiger partial charge is 0.325 e. The highest BCUT2D eigenvalue weighted by Gasteiger charge is 2.18. The van der Waals surface area contributed by atoms with Gasteiger partial charge in [-0.1, -0.05) is 30.3 Å². The minimum absolute atomic E-state index is 0.167. The molecule has 0 heterocycles. The van der Waals surface area contributed by atoms with Crippen molar-refractivity contribution in [3.63, 3.8) is 0 Å². The van der Waals surface area contributed by atoms with E-state index in [4.69, 9.17) is 15.2 Å². The summed E-state index contributed by atoms with van der Waals surface area (Å²) in [7, 11) is 1.49. The Balaban J connectivity index is 2.51. The van der Waals surface area contributed by atoms with E-state index in [-0.39, 0.29) is 12.7 Å². The molecular formula is C12H17NO3. The Hall–Kier alpha value is -1.39. The molecule has 4 heteroatoms. The third-order valence-electron chi connectivity index (χ3n) is 2.21. The van der Waals surface area contributed by atoms with Gasteiger partial charge in [0.15, 0.2) is 0 Å². The van der Waals surface area contributed by atoms with E-state index in [2.05, 4.69) is 0 Å². The molecule has 0 spiro atoms. The third kappa shape index (κ3) is 3.64. The van der Waals surface area contributed by atoms with Crippen LogP contribution in [-0.2, 0) is 14.3 Å². The maximum Gasteiger partial charge on any atom is 0.325 e. The van der Waals surface area contributed by atoms with Crippen molar-refractivity contribution in [2.75, 3.05) is 13.7 Å². The molecule has 0 aliphatic carbocycles. The highest BCUT2D eigenvalue weighted by Crippen LogP contribution is 2.16. The predicted octanol–water partition coefficient (Wildman–Crippen LogP) is 1.26. The molecule has 0 fully saturated rings. The zero-order valence-corrected chi connectivity index (χ0v) is 9.55. The summed E-state index contributed by atoms with van der Waals surface area (Å²) in [6.45, 7) is 1.98. The molecule has 0 bridgehead atoms. The van der Waals surface area contributed by atoms with Crippen LogP contribution in [0.25, 0.3) is 0 Å². The van der Waals surface area contributed by atoms with Gasteiger partial charge in [-0.25, -0.2) is 0 Å². The Morgan fingerprint density at radius 2 is 2.00 bits per heavy atom. The lowest BCUT2D eigenvalue weighted by Gasteiger charge is -2.16. The largest absolute Gasteiger partial charge is 0.457 e. The second kappa shape index (κ2) is 6.25. The SMILES string of the molecule is COCC(N)C(=O)OC(C)c1ccccc1. The van der Waals surface area contributed by atoms with Gasteiger partial charge in [0.05, 0.1) is 6.61 Å². The van der Waals surface area contributed by atoms with E-state index in [1.807, 2.05) is 37.3 Å². The van der Waals surface area contributed by atoms with Gasteiger partial charge in [-0.05, 0) is 12.5 Å². The topological polar surface area (TPSA) is 61.5 Å². The quantitative estimate of drug-likeness (QED) is 0.763. The number of esters is 1. The summed E-state index contributed by atoms with van der Waals surface area (Å²) in [4.78, 5) is 11.5. The molecule has 16 heavy (non-hydrogen) atoms. The first-order chi connectivity index (χ1) is 7.65. The van der Waals surface area contributed by atoms with Gasteiger partial charge in [0.1, 0.15) is 12.1 Å². The number of hydrogen-bond acceptors (Lipinski definition) is 4. The van der Waals surface area contributed by atoms with E-state index in [9.17, 15) is 4.79 Å². The number of ether oxygens (including phenoxy) is 2. The van der Waals surface area contributed by atoms with Crippen molar-refractivity contribution in [3.05, 3.63) is 35.9 Å². The van der Waals surface area contributed by atoms with E-state index in [1.165, 1.54) is 7.11 Å². The van der Waals surface area contributed by atoms with Gasteiger partial charge >= 0.3 is 5.97 Å². The number of rotatable bonds is 5. The molecule has 1 aromatic rings. The van der Waals surface area contributed by atoms with Crippen LogP contribution in [0.3, 0.4) is 0 Å². The van der Waals surface area contributed by atoms with E-state index in [0.717, 1.165) is 5.56 Å². The van der Waals surface area contributed by atoms with Gasteiger partial charge in [-0.15, -0.1) is 0 Å². The first-order valence-electron chi connectivity index (χ1n) is 5.15. The van der Waals surface area contributed by atoms with E-state index >= 15 is 0 Å². The highest BCUT2D eigenvalue weighted by molar-refractivity contribution is 5.75. The lowest BCUT2D eigenvalue weighted by Crippen LogP contribution is -2.36. The summed E-state index contributed by atoms with van der Waals surface area (Å²) in [6, 6.07) is 8.79. The fraction of sp³-hybridized carbons (Fsp3) is 0.417. The van der Waals surface area contributed by atoms with Gasteiger partial charge in [0, 0.05) is 7.11 Å². The van der Waals surface area contributed by atoms with Crippen molar-refractivity contribution < 1.29 is 14.3 Å². The molecular weight excluding hydrogens is 206 g/mol. The molecule has 2 N–H and O–H groups in total. The van der Waals surface area contributed by atoms with Crippen LogP contribution in [0.5, 0.6) is 0 Å². The number of hydrogen-bond donors (Lipinski definition) is 1. The Morgan fingerprint density at radius 1 is 1.38 bits per heavy atom. The van der Waals surface area contributed by atoms with E-state index in [0.29, 0.717) is 0 Å². The molecule has 2 unspecified atom stereocenters. The average Bonchev–Trinajstić information content (AvgIpc) is 2.30. The number of benzene rings is 1. The van der Waals surface area contributed by atoms with E-state index in [1.54, 1.807) is 0 Å². The maximum atomic E-state index is 11.5. The second-order valence-electron chi connectivity index (χ2n) is 3.55. The van der Waals surface area contributed by atoms with Crippen LogP contribution in [0.15, 0.2) is 30.3 Å². The van der Waals surface area contributed by atoms with Crippen molar-refractivity contribution in [2.24, 2.45) is 5.73 Å². The summed E-state index contributed by atoms with van der Waals surface area (Å²) in [5.41, 5.74) is 6.50. The zero-order chi connectivity index (χ0) is 12.0. The van der Waals surface area contributed by atoms with Crippen LogP contribution in [-0.4, -0.2) is 25.7 Å². The van der Waals surface area contributed by atoms with Crippen LogP contribution in [0, 0.1) is 0 Å². The third-order valence-corrected chi connectivity index (χ3v) is 2.21. The highest BCUT2D eigenvalue weighted by atomic mass is 16.5. The molecule has 2 atom stereocenters. The Morgan fingerprint density at radius 3 is 2.56 bits per heavy atom. The summed E-state index contributed by atoms with van der Waals surface area (Å²) in [6.07, 6.45) is -0.295. The van der Waals surface area contributed by atoms with Crippen molar-refractivity contribution in [2.45, 2.75) is 19.1 Å². The molecule has 0 aliphatic rings. The molecule has 0 amide bonds. The number of methoxy groups -OCH3 is 1. The Kier molecular flexibility index (Phi) is 4.95. The summed E-state index contributed by atoms with van der Waals surface area (Å²) in [5, 5.41) is 0. The fourth-order valence-corrected chi connectivity index (χ4v) is 1.30. The number of carbonyl (C=O) groups excluding carboxylic acids is 1. The monoisotopic (exact) mass is 223 g/mol. The molecule has 0 radical (unpaired) electrons. The van der Waals surface area contributed by atoms with Crippen molar-refractivity contribution in [1.82, 2.24) is 0 Å². The first kappa shape index (κ1) is 12.7. The minimum atomic E-state index is -0.726. The molecule has 0 saturated carbocycles. The zero-order valence-electron chi connectivity index (χ0n) is 9.55.